The molecule has 0 saturated heterocycles. The molecule has 0 aliphatic heterocycles. The van der Waals surface area contributed by atoms with Crippen molar-refractivity contribution < 1.29 is 8.42 Å². The first-order valence-corrected chi connectivity index (χ1v) is 10.3. The SMILES string of the molecule is CCC(C)c1ccc(S(=O)(=O)Nc2nn(-c3ncccn3)cc2Br)cc1. The lowest BCUT2D eigenvalue weighted by atomic mass is 9.99. The van der Waals surface area contributed by atoms with Crippen molar-refractivity contribution in [3.63, 3.8) is 0 Å². The van der Waals surface area contributed by atoms with Crippen LogP contribution in [0.5, 0.6) is 0 Å². The summed E-state index contributed by atoms with van der Waals surface area (Å²) in [5, 5.41) is 4.20. The van der Waals surface area contributed by atoms with Crippen molar-refractivity contribution in [1.82, 2.24) is 19.7 Å². The van der Waals surface area contributed by atoms with E-state index in [4.69, 9.17) is 0 Å². The fraction of sp³-hybridized carbons (Fsp3) is 0.235. The minimum absolute atomic E-state index is 0.170. The highest BCUT2D eigenvalue weighted by atomic mass is 79.9. The second kappa shape index (κ2) is 7.55. The van der Waals surface area contributed by atoms with Gasteiger partial charge in [-0.1, -0.05) is 26.0 Å². The summed E-state index contributed by atoms with van der Waals surface area (Å²) < 4.78 is 29.7. The summed E-state index contributed by atoms with van der Waals surface area (Å²) >= 11 is 3.31. The van der Waals surface area contributed by atoms with Gasteiger partial charge in [-0.25, -0.2) is 23.1 Å². The standard InChI is InChI=1S/C17H18BrN5O2S/c1-3-12(2)13-5-7-14(8-6-13)26(24,25)22-16-15(18)11-23(21-16)17-19-9-4-10-20-17/h4-12H,3H2,1-2H3,(H,21,22). The van der Waals surface area contributed by atoms with Crippen LogP contribution in [0, 0.1) is 0 Å². The summed E-state index contributed by atoms with van der Waals surface area (Å²) in [4.78, 5) is 8.35. The zero-order valence-electron chi connectivity index (χ0n) is 14.3. The molecule has 0 spiro atoms. The molecule has 1 unspecified atom stereocenters. The van der Waals surface area contributed by atoms with Crippen molar-refractivity contribution in [3.8, 4) is 5.95 Å². The van der Waals surface area contributed by atoms with Crippen molar-refractivity contribution in [2.24, 2.45) is 0 Å². The molecular formula is C17H18BrN5O2S. The van der Waals surface area contributed by atoms with Crippen molar-refractivity contribution in [2.45, 2.75) is 31.1 Å². The van der Waals surface area contributed by atoms with Crippen LogP contribution in [-0.2, 0) is 10.0 Å². The van der Waals surface area contributed by atoms with E-state index >= 15 is 0 Å². The maximum atomic E-state index is 12.6. The molecule has 7 nitrogen and oxygen atoms in total. The molecule has 0 saturated carbocycles. The number of aromatic nitrogens is 4. The summed E-state index contributed by atoms with van der Waals surface area (Å²) in [7, 11) is -3.75. The van der Waals surface area contributed by atoms with Gasteiger partial charge in [-0.15, -0.1) is 5.10 Å². The van der Waals surface area contributed by atoms with Crippen LogP contribution in [0.1, 0.15) is 31.7 Å². The van der Waals surface area contributed by atoms with Crippen molar-refractivity contribution >= 4 is 31.8 Å². The molecule has 1 aromatic carbocycles. The Morgan fingerprint density at radius 2 is 1.85 bits per heavy atom. The van der Waals surface area contributed by atoms with Crippen LogP contribution in [-0.4, -0.2) is 28.2 Å². The number of nitrogens with zero attached hydrogens (tertiary/aromatic N) is 4. The maximum Gasteiger partial charge on any atom is 0.263 e. The molecule has 2 aromatic heterocycles. The Balaban J connectivity index is 1.85. The Bertz CT molecular complexity index is 988. The monoisotopic (exact) mass is 435 g/mol. The van der Waals surface area contributed by atoms with Gasteiger partial charge in [0.2, 0.25) is 0 Å². The minimum atomic E-state index is -3.75. The van der Waals surface area contributed by atoms with E-state index in [0.717, 1.165) is 12.0 Å². The molecule has 3 rings (SSSR count). The fourth-order valence-corrected chi connectivity index (χ4v) is 3.85. The van der Waals surface area contributed by atoms with Gasteiger partial charge in [0.05, 0.1) is 15.6 Å². The van der Waals surface area contributed by atoms with Gasteiger partial charge in [0.25, 0.3) is 16.0 Å². The van der Waals surface area contributed by atoms with E-state index in [1.165, 1.54) is 4.68 Å². The summed E-state index contributed by atoms with van der Waals surface area (Å²) in [6.07, 6.45) is 5.76. The normalized spacial score (nSPS) is 12.7. The molecule has 0 bridgehead atoms. The lowest BCUT2D eigenvalue weighted by molar-refractivity contribution is 0.600. The summed E-state index contributed by atoms with van der Waals surface area (Å²) in [6.45, 7) is 4.21. The summed E-state index contributed by atoms with van der Waals surface area (Å²) in [6, 6.07) is 8.58. The second-order valence-corrected chi connectivity index (χ2v) is 8.34. The van der Waals surface area contributed by atoms with Gasteiger partial charge in [0.15, 0.2) is 5.82 Å². The van der Waals surface area contributed by atoms with Gasteiger partial charge in [-0.3, -0.25) is 4.72 Å². The van der Waals surface area contributed by atoms with Gasteiger partial charge < -0.3 is 0 Å². The molecule has 0 aliphatic rings. The number of halogens is 1. The third kappa shape index (κ3) is 3.94. The Labute approximate surface area is 160 Å². The van der Waals surface area contributed by atoms with E-state index in [2.05, 4.69) is 49.6 Å². The van der Waals surface area contributed by atoms with E-state index in [-0.39, 0.29) is 10.7 Å². The minimum Gasteiger partial charge on any atom is -0.261 e. The second-order valence-electron chi connectivity index (χ2n) is 5.80. The molecule has 136 valence electrons. The molecule has 9 heteroatoms. The molecule has 0 amide bonds. The lowest BCUT2D eigenvalue weighted by Crippen LogP contribution is -2.14. The highest BCUT2D eigenvalue weighted by Gasteiger charge is 2.19. The largest absolute Gasteiger partial charge is 0.263 e. The molecule has 1 N–H and O–H groups in total. The first-order chi connectivity index (χ1) is 12.4. The van der Waals surface area contributed by atoms with Crippen LogP contribution >= 0.6 is 15.9 Å². The molecule has 0 aliphatic carbocycles. The van der Waals surface area contributed by atoms with Crippen molar-refractivity contribution in [1.29, 1.82) is 0 Å². The fourth-order valence-electron chi connectivity index (χ4n) is 2.33. The number of anilines is 1. The Hall–Kier alpha value is -2.26. The van der Waals surface area contributed by atoms with Crippen molar-refractivity contribution in [2.75, 3.05) is 4.72 Å². The lowest BCUT2D eigenvalue weighted by Gasteiger charge is -2.10. The average Bonchev–Trinajstić information content (AvgIpc) is 3.02. The zero-order chi connectivity index (χ0) is 18.7. The molecule has 26 heavy (non-hydrogen) atoms. The van der Waals surface area contributed by atoms with Crippen LogP contribution in [0.4, 0.5) is 5.82 Å². The van der Waals surface area contributed by atoms with E-state index in [1.807, 2.05) is 12.1 Å². The van der Waals surface area contributed by atoms with Crippen LogP contribution < -0.4 is 4.72 Å². The quantitative estimate of drug-likeness (QED) is 0.636. The Morgan fingerprint density at radius 1 is 1.19 bits per heavy atom. The zero-order valence-corrected chi connectivity index (χ0v) is 16.7. The predicted molar refractivity (Wildman–Crippen MR) is 103 cm³/mol. The number of hydrogen-bond acceptors (Lipinski definition) is 5. The average molecular weight is 436 g/mol. The maximum absolute atomic E-state index is 12.6. The van der Waals surface area contributed by atoms with Crippen molar-refractivity contribution in [3.05, 3.63) is 59.0 Å². The summed E-state index contributed by atoms with van der Waals surface area (Å²) in [5.74, 6) is 0.899. The topological polar surface area (TPSA) is 89.8 Å². The molecular weight excluding hydrogens is 418 g/mol. The van der Waals surface area contributed by atoms with Crippen LogP contribution in [0.25, 0.3) is 5.95 Å². The molecule has 3 aromatic rings. The molecule has 0 radical (unpaired) electrons. The van der Waals surface area contributed by atoms with Crippen LogP contribution in [0.2, 0.25) is 0 Å². The highest BCUT2D eigenvalue weighted by Crippen LogP contribution is 2.25. The van der Waals surface area contributed by atoms with Gasteiger partial charge in [0.1, 0.15) is 0 Å². The first-order valence-electron chi connectivity index (χ1n) is 8.06. The molecule has 1 atom stereocenters. The van der Waals surface area contributed by atoms with Gasteiger partial charge in [0, 0.05) is 12.4 Å². The van der Waals surface area contributed by atoms with Gasteiger partial charge in [-0.05, 0) is 52.0 Å². The smallest absolute Gasteiger partial charge is 0.261 e. The van der Waals surface area contributed by atoms with E-state index < -0.39 is 10.0 Å². The van der Waals surface area contributed by atoms with Gasteiger partial charge in [-0.2, -0.15) is 0 Å². The number of sulfonamides is 1. The molecule has 2 heterocycles. The Kier molecular flexibility index (Phi) is 5.38. The van der Waals surface area contributed by atoms with E-state index in [0.29, 0.717) is 16.3 Å². The third-order valence-electron chi connectivity index (χ3n) is 4.03. The van der Waals surface area contributed by atoms with Crippen LogP contribution in [0.3, 0.4) is 0 Å². The third-order valence-corrected chi connectivity index (χ3v) is 5.96. The predicted octanol–water partition coefficient (Wildman–Crippen LogP) is 3.74. The first kappa shape index (κ1) is 18.5. The number of rotatable bonds is 6. The van der Waals surface area contributed by atoms with Crippen LogP contribution in [0.15, 0.2) is 58.3 Å². The molecule has 0 fully saturated rings. The number of nitrogens with one attached hydrogen (secondary N) is 1. The highest BCUT2D eigenvalue weighted by molar-refractivity contribution is 9.10. The number of hydrogen-bond donors (Lipinski definition) is 1. The van der Waals surface area contributed by atoms with E-state index in [1.54, 1.807) is 36.8 Å². The Morgan fingerprint density at radius 3 is 2.46 bits per heavy atom. The number of benzene rings is 1. The van der Waals surface area contributed by atoms with Gasteiger partial charge >= 0.3 is 0 Å². The summed E-state index contributed by atoms with van der Waals surface area (Å²) in [5.41, 5.74) is 1.11. The van der Waals surface area contributed by atoms with E-state index in [9.17, 15) is 8.42 Å².